The summed E-state index contributed by atoms with van der Waals surface area (Å²) < 4.78 is 12.7. The number of nitrogens with zero attached hydrogens (tertiary/aromatic N) is 5. The number of anilines is 1. The van der Waals surface area contributed by atoms with Crippen LogP contribution in [0.4, 0.5) is 5.88 Å². The number of aryl methyl sites for hydroxylation is 3. The lowest BCUT2D eigenvalue weighted by molar-refractivity contribution is -0.124. The molecule has 1 saturated heterocycles. The van der Waals surface area contributed by atoms with E-state index in [9.17, 15) is 4.79 Å². The second-order valence-corrected chi connectivity index (χ2v) is 6.37. The molecule has 2 aromatic heterocycles. The van der Waals surface area contributed by atoms with Crippen LogP contribution in [0.3, 0.4) is 0 Å². The second kappa shape index (κ2) is 7.32. The fourth-order valence-electron chi connectivity index (χ4n) is 2.95. The molecule has 3 heterocycles. The lowest BCUT2D eigenvalue weighted by atomic mass is 10.2. The van der Waals surface area contributed by atoms with Gasteiger partial charge in [-0.1, -0.05) is 5.16 Å². The van der Waals surface area contributed by atoms with Gasteiger partial charge in [-0.15, -0.1) is 0 Å². The van der Waals surface area contributed by atoms with Crippen molar-refractivity contribution in [3.8, 4) is 0 Å². The predicted octanol–water partition coefficient (Wildman–Crippen LogP) is 0.919. The Labute approximate surface area is 146 Å². The van der Waals surface area contributed by atoms with Crippen molar-refractivity contribution < 1.29 is 14.1 Å². The van der Waals surface area contributed by atoms with E-state index < -0.39 is 0 Å². The Balaban J connectivity index is 1.58. The van der Waals surface area contributed by atoms with Gasteiger partial charge in [0.05, 0.1) is 31.0 Å². The van der Waals surface area contributed by atoms with Crippen LogP contribution in [0.5, 0.6) is 0 Å². The zero-order chi connectivity index (χ0) is 18.0. The third-order valence-corrected chi connectivity index (χ3v) is 4.31. The average molecular weight is 348 g/mol. The average Bonchev–Trinajstić information content (AvgIpc) is 3.11. The Bertz CT molecular complexity index is 740. The van der Waals surface area contributed by atoms with Crippen LogP contribution in [-0.4, -0.2) is 62.6 Å². The highest BCUT2D eigenvalue weighted by Gasteiger charge is 2.29. The number of aromatic nitrogens is 4. The molecule has 9 heteroatoms. The summed E-state index contributed by atoms with van der Waals surface area (Å²) in [5.74, 6) is 1.86. The SMILES string of the molecule is Cc1cc(NC(=O)[C@@H](C)N2CCO[C@@H](Cn3nc(C)nc3C)C2)on1. The normalized spacial score (nSPS) is 19.8. The molecule has 0 spiro atoms. The van der Waals surface area contributed by atoms with Gasteiger partial charge >= 0.3 is 0 Å². The van der Waals surface area contributed by atoms with Crippen LogP contribution in [0.2, 0.25) is 0 Å². The van der Waals surface area contributed by atoms with Gasteiger partial charge in [0.25, 0.3) is 0 Å². The first-order valence-corrected chi connectivity index (χ1v) is 8.40. The first-order chi connectivity index (χ1) is 11.9. The molecule has 2 aromatic rings. The van der Waals surface area contributed by atoms with Crippen LogP contribution in [0, 0.1) is 20.8 Å². The van der Waals surface area contributed by atoms with Crippen molar-refractivity contribution in [2.45, 2.75) is 46.4 Å². The van der Waals surface area contributed by atoms with Crippen molar-refractivity contribution in [2.75, 3.05) is 25.0 Å². The third kappa shape index (κ3) is 4.23. The Morgan fingerprint density at radius 3 is 2.88 bits per heavy atom. The number of morpholine rings is 1. The van der Waals surface area contributed by atoms with E-state index in [-0.39, 0.29) is 18.1 Å². The molecule has 0 saturated carbocycles. The Kier molecular flexibility index (Phi) is 5.14. The van der Waals surface area contributed by atoms with Gasteiger partial charge < -0.3 is 9.26 Å². The number of amides is 1. The number of hydrogen-bond acceptors (Lipinski definition) is 7. The molecule has 136 valence electrons. The number of hydrogen-bond donors (Lipinski definition) is 1. The molecule has 0 radical (unpaired) electrons. The van der Waals surface area contributed by atoms with E-state index in [1.54, 1.807) is 6.07 Å². The molecular formula is C16H24N6O3. The maximum atomic E-state index is 12.4. The van der Waals surface area contributed by atoms with E-state index in [1.807, 2.05) is 32.4 Å². The molecule has 0 bridgehead atoms. The van der Waals surface area contributed by atoms with Gasteiger partial charge in [-0.3, -0.25) is 15.0 Å². The highest BCUT2D eigenvalue weighted by molar-refractivity contribution is 5.93. The molecule has 0 unspecified atom stereocenters. The molecule has 3 rings (SSSR count). The maximum Gasteiger partial charge on any atom is 0.243 e. The van der Waals surface area contributed by atoms with Crippen LogP contribution in [0.25, 0.3) is 0 Å². The number of rotatable bonds is 5. The molecule has 25 heavy (non-hydrogen) atoms. The lowest BCUT2D eigenvalue weighted by Crippen LogP contribution is -2.51. The molecule has 1 N–H and O–H groups in total. The second-order valence-electron chi connectivity index (χ2n) is 6.37. The van der Waals surface area contributed by atoms with Crippen molar-refractivity contribution in [1.29, 1.82) is 0 Å². The molecule has 0 aliphatic carbocycles. The van der Waals surface area contributed by atoms with Gasteiger partial charge in [-0.25, -0.2) is 9.67 Å². The predicted molar refractivity (Wildman–Crippen MR) is 90.1 cm³/mol. The molecule has 0 aromatic carbocycles. The van der Waals surface area contributed by atoms with E-state index >= 15 is 0 Å². The van der Waals surface area contributed by atoms with E-state index in [0.717, 1.165) is 17.3 Å². The van der Waals surface area contributed by atoms with Gasteiger partial charge in [0, 0.05) is 19.2 Å². The van der Waals surface area contributed by atoms with Crippen LogP contribution < -0.4 is 5.32 Å². The number of carbonyl (C=O) groups excluding carboxylic acids is 1. The molecule has 1 aliphatic rings. The molecular weight excluding hydrogens is 324 g/mol. The topological polar surface area (TPSA) is 98.3 Å². The molecule has 2 atom stereocenters. The quantitative estimate of drug-likeness (QED) is 0.858. The minimum atomic E-state index is -0.296. The van der Waals surface area contributed by atoms with Crippen molar-refractivity contribution >= 4 is 11.8 Å². The maximum absolute atomic E-state index is 12.4. The van der Waals surface area contributed by atoms with Crippen molar-refractivity contribution in [3.05, 3.63) is 23.4 Å². The number of ether oxygens (including phenoxy) is 1. The van der Waals surface area contributed by atoms with Gasteiger partial charge in [0.15, 0.2) is 0 Å². The summed E-state index contributed by atoms with van der Waals surface area (Å²) in [6.07, 6.45) is -0.0312. The van der Waals surface area contributed by atoms with Crippen molar-refractivity contribution in [3.63, 3.8) is 0 Å². The molecule has 9 nitrogen and oxygen atoms in total. The zero-order valence-electron chi connectivity index (χ0n) is 15.0. The molecule has 1 aliphatic heterocycles. The minimum absolute atomic E-state index is 0.0312. The highest BCUT2D eigenvalue weighted by Crippen LogP contribution is 2.14. The largest absolute Gasteiger partial charge is 0.374 e. The first-order valence-electron chi connectivity index (χ1n) is 8.40. The summed E-state index contributed by atoms with van der Waals surface area (Å²) in [6.45, 7) is 10.0. The fourth-order valence-corrected chi connectivity index (χ4v) is 2.95. The molecule has 1 amide bonds. The summed E-state index contributed by atoms with van der Waals surface area (Å²) in [5, 5.41) is 10.9. The zero-order valence-corrected chi connectivity index (χ0v) is 15.0. The highest BCUT2D eigenvalue weighted by atomic mass is 16.5. The van der Waals surface area contributed by atoms with Gasteiger partial charge in [0.2, 0.25) is 11.8 Å². The Hall–Kier alpha value is -2.26. The summed E-state index contributed by atoms with van der Waals surface area (Å²) in [4.78, 5) is 18.8. The van der Waals surface area contributed by atoms with Crippen LogP contribution in [0.15, 0.2) is 10.6 Å². The summed E-state index contributed by atoms with van der Waals surface area (Å²) in [6, 6.07) is 1.40. The van der Waals surface area contributed by atoms with Gasteiger partial charge in [-0.2, -0.15) is 5.10 Å². The first kappa shape index (κ1) is 17.6. The fraction of sp³-hybridized carbons (Fsp3) is 0.625. The van der Waals surface area contributed by atoms with Crippen molar-refractivity contribution in [1.82, 2.24) is 24.8 Å². The monoisotopic (exact) mass is 348 g/mol. The Morgan fingerprint density at radius 1 is 1.44 bits per heavy atom. The molecule has 1 fully saturated rings. The number of carbonyl (C=O) groups is 1. The summed E-state index contributed by atoms with van der Waals surface area (Å²) in [7, 11) is 0. The Morgan fingerprint density at radius 2 is 2.24 bits per heavy atom. The number of nitrogens with one attached hydrogen (secondary N) is 1. The van der Waals surface area contributed by atoms with Crippen LogP contribution in [-0.2, 0) is 16.1 Å². The lowest BCUT2D eigenvalue weighted by Gasteiger charge is -2.36. The summed E-state index contributed by atoms with van der Waals surface area (Å²) >= 11 is 0. The van der Waals surface area contributed by atoms with E-state index in [0.29, 0.717) is 32.1 Å². The third-order valence-electron chi connectivity index (χ3n) is 4.31. The van der Waals surface area contributed by atoms with Crippen LogP contribution in [0.1, 0.15) is 24.3 Å². The minimum Gasteiger partial charge on any atom is -0.374 e. The van der Waals surface area contributed by atoms with Crippen LogP contribution >= 0.6 is 0 Å². The summed E-state index contributed by atoms with van der Waals surface area (Å²) in [5.41, 5.74) is 0.730. The standard InChI is InChI=1S/C16H24N6O3/c1-10-7-15(25-20-10)18-16(23)11(2)21-5-6-24-14(8-21)9-22-13(4)17-12(3)19-22/h7,11,14H,5-6,8-9H2,1-4H3,(H,18,23)/t11-,14-/m1/s1. The smallest absolute Gasteiger partial charge is 0.243 e. The van der Waals surface area contributed by atoms with E-state index in [4.69, 9.17) is 9.26 Å². The van der Waals surface area contributed by atoms with Gasteiger partial charge in [0.1, 0.15) is 11.6 Å². The van der Waals surface area contributed by atoms with E-state index in [1.165, 1.54) is 0 Å². The van der Waals surface area contributed by atoms with Crippen molar-refractivity contribution in [2.24, 2.45) is 0 Å². The van der Waals surface area contributed by atoms with Gasteiger partial charge in [-0.05, 0) is 27.7 Å². The van der Waals surface area contributed by atoms with E-state index in [2.05, 4.69) is 25.5 Å².